The van der Waals surface area contributed by atoms with Gasteiger partial charge in [0.15, 0.2) is 6.10 Å². The van der Waals surface area contributed by atoms with E-state index in [0.717, 1.165) is 70.6 Å². The molecule has 0 spiro atoms. The molecule has 12 heteroatoms. The van der Waals surface area contributed by atoms with E-state index in [4.69, 9.17) is 11.5 Å². The quantitative estimate of drug-likeness (QED) is 0.0257. The Morgan fingerprint density at radius 2 is 1.07 bits per heavy atom. The highest BCUT2D eigenvalue weighted by molar-refractivity contribution is 5.86. The second kappa shape index (κ2) is 37.5. The zero-order valence-corrected chi connectivity index (χ0v) is 34.8. The van der Waals surface area contributed by atoms with Crippen molar-refractivity contribution in [3.63, 3.8) is 0 Å². The van der Waals surface area contributed by atoms with Crippen LogP contribution < -0.4 is 0 Å². The van der Waals surface area contributed by atoms with Gasteiger partial charge in [0.1, 0.15) is 30.2 Å². The molecule has 9 atom stereocenters. The molecule has 0 fully saturated rings. The molecule has 59 heavy (non-hydrogen) atoms. The average molecular weight is 829 g/mol. The monoisotopic (exact) mass is 829 g/mol. The van der Waals surface area contributed by atoms with Crippen LogP contribution in [0, 0.1) is 47.9 Å². The number of ketones is 1. The van der Waals surface area contributed by atoms with Gasteiger partial charge in [0.05, 0.1) is 24.4 Å². The summed E-state index contributed by atoms with van der Waals surface area (Å²) in [6.07, 6.45) is 20.1. The maximum Gasteiger partial charge on any atom is 0.381 e. The summed E-state index contributed by atoms with van der Waals surface area (Å²) in [7, 11) is 0. The molecule has 0 rings (SSSR count). The summed E-state index contributed by atoms with van der Waals surface area (Å²) in [6.45, 7) is 0. The van der Waals surface area contributed by atoms with Crippen LogP contribution in [0.15, 0.2) is 24.3 Å². The number of aliphatic hydroxyl groups is 9. The number of hydrogen-bond acceptors (Lipinski definition) is 11. The molecule has 0 saturated heterocycles. The maximum atomic E-state index is 12.2. The van der Waals surface area contributed by atoms with Gasteiger partial charge < -0.3 is 51.1 Å². The van der Waals surface area contributed by atoms with E-state index in [9.17, 15) is 55.5 Å². The summed E-state index contributed by atoms with van der Waals surface area (Å²) in [4.78, 5) is 22.6. The highest BCUT2D eigenvalue weighted by Gasteiger charge is 2.23. The van der Waals surface area contributed by atoms with Gasteiger partial charge in [-0.15, -0.1) is 6.42 Å². The van der Waals surface area contributed by atoms with E-state index in [1.807, 2.05) is 12.0 Å². The van der Waals surface area contributed by atoms with Crippen LogP contribution in [0.25, 0.3) is 0 Å². The maximum absolute atomic E-state index is 12.2. The normalized spacial score (nSPS) is 15.9. The molecule has 0 aliphatic heterocycles. The lowest BCUT2D eigenvalue weighted by Crippen LogP contribution is -2.36. The molecule has 0 bridgehead atoms. The van der Waals surface area contributed by atoms with Gasteiger partial charge >= 0.3 is 5.97 Å². The minimum absolute atomic E-state index is 0.175. The van der Waals surface area contributed by atoms with Crippen molar-refractivity contribution >= 4 is 11.8 Å². The van der Waals surface area contributed by atoms with Crippen LogP contribution in [0.2, 0.25) is 0 Å². The minimum atomic E-state index is -1.59. The van der Waals surface area contributed by atoms with E-state index in [0.29, 0.717) is 63.6 Å². The Bertz CT molecular complexity index is 1400. The second-order valence-electron chi connectivity index (χ2n) is 15.0. The topological polar surface area (TPSA) is 236 Å². The van der Waals surface area contributed by atoms with Crippen molar-refractivity contribution in [3.8, 4) is 47.9 Å². The second-order valence-corrected chi connectivity index (χ2v) is 15.0. The van der Waals surface area contributed by atoms with Crippen molar-refractivity contribution in [1.82, 2.24) is 0 Å². The summed E-state index contributed by atoms with van der Waals surface area (Å²) >= 11 is 0. The smallest absolute Gasteiger partial charge is 0.381 e. The molecule has 10 N–H and O–H groups in total. The van der Waals surface area contributed by atoms with Crippen LogP contribution in [0.1, 0.15) is 154 Å². The first-order valence-corrected chi connectivity index (χ1v) is 21.5. The fraction of sp³-hybridized carbons (Fsp3) is 0.702. The number of aliphatic carboxylic acids is 1. The van der Waals surface area contributed by atoms with Crippen LogP contribution >= 0.6 is 0 Å². The number of aliphatic hydroxyl groups excluding tert-OH is 9. The first-order chi connectivity index (χ1) is 28.3. The van der Waals surface area contributed by atoms with E-state index in [1.165, 1.54) is 31.4 Å². The SMILES string of the molecule is C#CC(O)C=CC(O)CCCC(O)C(O)C#CC(O)C#CCCCC(O)C=CCCCCCC(=O)CCCCCCCCCCCCCC(O)C(O)C(O)C#CC(=O)O. The van der Waals surface area contributed by atoms with Gasteiger partial charge in [-0.3, -0.25) is 4.79 Å². The number of unbranched alkanes of at least 4 members (excludes halogenated alkanes) is 14. The fourth-order valence-electron chi connectivity index (χ4n) is 6.05. The van der Waals surface area contributed by atoms with Crippen molar-refractivity contribution in [2.45, 2.75) is 209 Å². The lowest BCUT2D eigenvalue weighted by Gasteiger charge is -2.19. The molecule has 0 saturated carbocycles. The summed E-state index contributed by atoms with van der Waals surface area (Å²) in [5, 5.41) is 97.1. The molecule has 0 aliphatic rings. The van der Waals surface area contributed by atoms with Crippen LogP contribution in [-0.4, -0.2) is 118 Å². The van der Waals surface area contributed by atoms with Gasteiger partial charge in [-0.25, -0.2) is 4.79 Å². The van der Waals surface area contributed by atoms with E-state index in [-0.39, 0.29) is 6.42 Å². The Morgan fingerprint density at radius 1 is 0.525 bits per heavy atom. The molecule has 0 aromatic heterocycles. The third-order valence-electron chi connectivity index (χ3n) is 9.64. The van der Waals surface area contributed by atoms with Gasteiger partial charge in [0.2, 0.25) is 0 Å². The molecule has 0 aliphatic carbocycles. The molecule has 12 nitrogen and oxygen atoms in total. The largest absolute Gasteiger partial charge is 0.472 e. The highest BCUT2D eigenvalue weighted by atomic mass is 16.4. The Hall–Kier alpha value is -3.50. The first kappa shape index (κ1) is 55.5. The van der Waals surface area contributed by atoms with Crippen molar-refractivity contribution in [2.24, 2.45) is 0 Å². The van der Waals surface area contributed by atoms with Gasteiger partial charge in [-0.1, -0.05) is 124 Å². The molecule has 9 unspecified atom stereocenters. The molecule has 0 radical (unpaired) electrons. The van der Waals surface area contributed by atoms with E-state index < -0.39 is 60.9 Å². The van der Waals surface area contributed by atoms with E-state index >= 15 is 0 Å². The van der Waals surface area contributed by atoms with Crippen LogP contribution in [0.3, 0.4) is 0 Å². The Kier molecular flexibility index (Phi) is 35.3. The van der Waals surface area contributed by atoms with Gasteiger partial charge in [0.25, 0.3) is 0 Å². The number of terminal acetylenes is 1. The first-order valence-electron chi connectivity index (χ1n) is 21.5. The van der Waals surface area contributed by atoms with E-state index in [1.54, 1.807) is 12.0 Å². The highest BCUT2D eigenvalue weighted by Crippen LogP contribution is 2.16. The Labute approximate surface area is 352 Å². The zero-order valence-electron chi connectivity index (χ0n) is 34.8. The average Bonchev–Trinajstić information content (AvgIpc) is 3.21. The molecule has 332 valence electrons. The molecule has 0 amide bonds. The predicted octanol–water partition coefficient (Wildman–Crippen LogP) is 4.01. The standard InChI is InChI=1S/C47H72O12/c1-2-37(48)31-32-41(52)28-22-30-42(53)43(54)34-33-40(51)27-20-15-19-26-39(50)25-18-13-10-12-17-24-38(49)23-16-11-8-6-4-3-5-7-9-14-21-29-44(55)47(59)45(56)35-36-46(57)58/h1,18,25,31-32,37,39-45,47-48,50-56,59H,3-17,19,21-24,26,28-30H2,(H,57,58). The summed E-state index contributed by atoms with van der Waals surface area (Å²) < 4.78 is 0. The zero-order chi connectivity index (χ0) is 44.1. The summed E-state index contributed by atoms with van der Waals surface area (Å²) in [5.74, 6) is 14.9. The Morgan fingerprint density at radius 3 is 1.68 bits per heavy atom. The van der Waals surface area contributed by atoms with Crippen LogP contribution in [0.5, 0.6) is 0 Å². The predicted molar refractivity (Wildman–Crippen MR) is 228 cm³/mol. The third kappa shape index (κ3) is 35.0. The van der Waals surface area contributed by atoms with Crippen LogP contribution in [-0.2, 0) is 9.59 Å². The van der Waals surface area contributed by atoms with Gasteiger partial charge in [-0.05, 0) is 70.3 Å². The van der Waals surface area contributed by atoms with Crippen molar-refractivity contribution in [2.75, 3.05) is 0 Å². The molecular formula is C47H72O12. The number of hydrogen-bond donors (Lipinski definition) is 10. The molecule has 0 aromatic rings. The number of Topliss-reactive ketones (excluding diaryl/α,β-unsaturated/α-hetero) is 1. The number of rotatable bonds is 33. The number of carbonyl (C=O) groups excluding carboxylic acids is 1. The number of carbonyl (C=O) groups is 2. The number of carboxylic acids is 1. The summed E-state index contributed by atoms with van der Waals surface area (Å²) in [5.41, 5.74) is 0. The number of carboxylic acid groups (broad SMARTS) is 1. The third-order valence-corrected chi connectivity index (χ3v) is 9.64. The lowest BCUT2D eigenvalue weighted by molar-refractivity contribution is -0.130. The minimum Gasteiger partial charge on any atom is -0.472 e. The number of allylic oxidation sites excluding steroid dienone is 1. The van der Waals surface area contributed by atoms with E-state index in [2.05, 4.69) is 29.6 Å². The lowest BCUT2D eigenvalue weighted by atomic mass is 10.0. The van der Waals surface area contributed by atoms with Crippen LogP contribution in [0.4, 0.5) is 0 Å². The summed E-state index contributed by atoms with van der Waals surface area (Å²) in [6, 6.07) is 0. The van der Waals surface area contributed by atoms with Crippen molar-refractivity contribution < 1.29 is 60.7 Å². The van der Waals surface area contributed by atoms with Crippen molar-refractivity contribution in [1.29, 1.82) is 0 Å². The molecular weight excluding hydrogens is 757 g/mol. The molecule has 0 aromatic carbocycles. The van der Waals surface area contributed by atoms with Gasteiger partial charge in [0, 0.05) is 25.2 Å². The van der Waals surface area contributed by atoms with Crippen molar-refractivity contribution in [3.05, 3.63) is 24.3 Å². The fourth-order valence-corrected chi connectivity index (χ4v) is 6.05. The molecule has 0 heterocycles. The van der Waals surface area contributed by atoms with Gasteiger partial charge in [-0.2, -0.15) is 0 Å². The Balaban J connectivity index is 3.78.